The zero-order valence-electron chi connectivity index (χ0n) is 19.1. The summed E-state index contributed by atoms with van der Waals surface area (Å²) in [7, 11) is 0. The number of amides is 1. The predicted octanol–water partition coefficient (Wildman–Crippen LogP) is 4.37. The van der Waals surface area contributed by atoms with Gasteiger partial charge in [-0.05, 0) is 44.0 Å². The van der Waals surface area contributed by atoms with E-state index in [0.717, 1.165) is 29.1 Å². The van der Waals surface area contributed by atoms with E-state index in [1.54, 1.807) is 6.07 Å². The van der Waals surface area contributed by atoms with Crippen molar-refractivity contribution in [2.75, 3.05) is 13.2 Å². The molecule has 0 radical (unpaired) electrons. The number of carbonyl (C=O) groups excluding carboxylic acids is 3. The predicted molar refractivity (Wildman–Crippen MR) is 123 cm³/mol. The molecule has 0 spiro atoms. The molecular formula is C26H26F2N2O4. The molecule has 0 saturated heterocycles. The van der Waals surface area contributed by atoms with Crippen LogP contribution in [-0.4, -0.2) is 35.4 Å². The summed E-state index contributed by atoms with van der Waals surface area (Å²) < 4.78 is 33.7. The molecule has 0 unspecified atom stereocenters. The third-order valence-electron chi connectivity index (χ3n) is 5.44. The van der Waals surface area contributed by atoms with Crippen molar-refractivity contribution in [1.29, 1.82) is 0 Å². The van der Waals surface area contributed by atoms with Crippen molar-refractivity contribution in [3.63, 3.8) is 0 Å². The number of ketones is 1. The zero-order valence-corrected chi connectivity index (χ0v) is 19.1. The number of ether oxygens (including phenoxy) is 1. The molecule has 2 aromatic carbocycles. The van der Waals surface area contributed by atoms with Crippen LogP contribution < -0.4 is 5.32 Å². The van der Waals surface area contributed by atoms with Crippen molar-refractivity contribution in [2.24, 2.45) is 0 Å². The third kappa shape index (κ3) is 6.37. The van der Waals surface area contributed by atoms with Crippen LogP contribution in [0.1, 0.15) is 50.5 Å². The molecule has 1 aromatic heterocycles. The number of Topliss-reactive ketones (excluding diaryl/α,β-unsaturated/α-hetero) is 1. The lowest BCUT2D eigenvalue weighted by atomic mass is 10.1. The first-order valence-corrected chi connectivity index (χ1v) is 10.9. The van der Waals surface area contributed by atoms with Gasteiger partial charge in [0.05, 0.1) is 5.56 Å². The number of benzene rings is 2. The Morgan fingerprint density at radius 1 is 0.971 bits per heavy atom. The summed E-state index contributed by atoms with van der Waals surface area (Å²) in [6, 6.07) is 14.4. The van der Waals surface area contributed by atoms with Crippen LogP contribution in [0.4, 0.5) is 8.78 Å². The number of esters is 1. The van der Waals surface area contributed by atoms with Crippen molar-refractivity contribution >= 4 is 17.7 Å². The van der Waals surface area contributed by atoms with E-state index in [2.05, 4.69) is 5.32 Å². The summed E-state index contributed by atoms with van der Waals surface area (Å²) in [6.07, 6.45) is 0.222. The SMILES string of the molecule is Cc1cc(C(=O)COC(=O)CCCNC(=O)c2ccc(F)cc2F)c(C)n1Cc1ccccc1. The van der Waals surface area contributed by atoms with Gasteiger partial charge in [0, 0.05) is 42.5 Å². The molecular weight excluding hydrogens is 442 g/mol. The number of carbonyl (C=O) groups is 3. The fourth-order valence-corrected chi connectivity index (χ4v) is 3.59. The van der Waals surface area contributed by atoms with Crippen molar-refractivity contribution in [3.8, 4) is 0 Å². The first-order chi connectivity index (χ1) is 16.3. The summed E-state index contributed by atoms with van der Waals surface area (Å²) in [5.41, 5.74) is 3.08. The number of aromatic nitrogens is 1. The lowest BCUT2D eigenvalue weighted by Crippen LogP contribution is -2.26. The molecule has 6 nitrogen and oxygen atoms in total. The van der Waals surface area contributed by atoms with Crippen LogP contribution in [0.15, 0.2) is 54.6 Å². The molecule has 0 aliphatic carbocycles. The maximum Gasteiger partial charge on any atom is 0.306 e. The minimum absolute atomic E-state index is 0.0213. The van der Waals surface area contributed by atoms with Gasteiger partial charge in [-0.3, -0.25) is 14.4 Å². The van der Waals surface area contributed by atoms with E-state index >= 15 is 0 Å². The Bertz CT molecular complexity index is 1190. The topological polar surface area (TPSA) is 77.4 Å². The first-order valence-electron chi connectivity index (χ1n) is 10.9. The summed E-state index contributed by atoms with van der Waals surface area (Å²) in [5.74, 6) is -3.30. The van der Waals surface area contributed by atoms with Crippen molar-refractivity contribution in [1.82, 2.24) is 9.88 Å². The van der Waals surface area contributed by atoms with E-state index in [-0.39, 0.29) is 37.3 Å². The second-order valence-electron chi connectivity index (χ2n) is 7.92. The lowest BCUT2D eigenvalue weighted by molar-refractivity contribution is -0.142. The van der Waals surface area contributed by atoms with E-state index < -0.39 is 23.5 Å². The van der Waals surface area contributed by atoms with Crippen LogP contribution in [-0.2, 0) is 16.1 Å². The Labute approximate surface area is 196 Å². The van der Waals surface area contributed by atoms with E-state index in [0.29, 0.717) is 18.2 Å². The van der Waals surface area contributed by atoms with Crippen LogP contribution in [0.25, 0.3) is 0 Å². The fourth-order valence-electron chi connectivity index (χ4n) is 3.59. The van der Waals surface area contributed by atoms with Crippen molar-refractivity contribution in [2.45, 2.75) is 33.2 Å². The normalized spacial score (nSPS) is 10.7. The minimum atomic E-state index is -0.960. The fraction of sp³-hybridized carbons (Fsp3) is 0.269. The largest absolute Gasteiger partial charge is 0.457 e. The number of aryl methyl sites for hydroxylation is 1. The lowest BCUT2D eigenvalue weighted by Gasteiger charge is -2.10. The molecule has 1 heterocycles. The number of nitrogens with one attached hydrogen (secondary N) is 1. The van der Waals surface area contributed by atoms with Gasteiger partial charge in [-0.1, -0.05) is 30.3 Å². The number of rotatable bonds is 10. The second kappa shape index (κ2) is 11.4. The smallest absolute Gasteiger partial charge is 0.306 e. The average Bonchev–Trinajstić information content (AvgIpc) is 3.09. The van der Waals surface area contributed by atoms with Crippen LogP contribution in [0, 0.1) is 25.5 Å². The van der Waals surface area contributed by atoms with Gasteiger partial charge in [0.2, 0.25) is 5.78 Å². The Hall–Kier alpha value is -3.81. The number of halogens is 2. The molecule has 0 saturated carbocycles. The molecule has 1 amide bonds. The Morgan fingerprint density at radius 3 is 2.41 bits per heavy atom. The van der Waals surface area contributed by atoms with Crippen molar-refractivity contribution < 1.29 is 27.9 Å². The Kier molecular flexibility index (Phi) is 8.29. The maximum atomic E-state index is 13.6. The molecule has 34 heavy (non-hydrogen) atoms. The van der Waals surface area contributed by atoms with E-state index in [1.807, 2.05) is 48.7 Å². The third-order valence-corrected chi connectivity index (χ3v) is 5.44. The molecule has 0 atom stereocenters. The van der Waals surface area contributed by atoms with Gasteiger partial charge in [-0.2, -0.15) is 0 Å². The standard InChI is InChI=1S/C26H26F2N2O4/c1-17-13-22(18(2)30(17)15-19-7-4-3-5-8-19)24(31)16-34-25(32)9-6-12-29-26(33)21-11-10-20(27)14-23(21)28/h3-5,7-8,10-11,13-14H,6,9,12,15-16H2,1-2H3,(H,29,33). The summed E-state index contributed by atoms with van der Waals surface area (Å²) in [5, 5.41) is 2.46. The number of hydrogen-bond acceptors (Lipinski definition) is 4. The van der Waals surface area contributed by atoms with Gasteiger partial charge < -0.3 is 14.6 Å². The van der Waals surface area contributed by atoms with Crippen LogP contribution >= 0.6 is 0 Å². The highest BCUT2D eigenvalue weighted by molar-refractivity contribution is 5.99. The second-order valence-corrected chi connectivity index (χ2v) is 7.92. The molecule has 0 aliphatic heterocycles. The Balaban J connectivity index is 1.44. The minimum Gasteiger partial charge on any atom is -0.457 e. The summed E-state index contributed by atoms with van der Waals surface area (Å²) in [4.78, 5) is 36.5. The van der Waals surface area contributed by atoms with Crippen LogP contribution in [0.5, 0.6) is 0 Å². The number of nitrogens with zero attached hydrogens (tertiary/aromatic N) is 1. The quantitative estimate of drug-likeness (QED) is 0.272. The highest BCUT2D eigenvalue weighted by Gasteiger charge is 2.18. The van der Waals surface area contributed by atoms with Crippen LogP contribution in [0.2, 0.25) is 0 Å². The first kappa shape index (κ1) is 24.8. The molecule has 0 fully saturated rings. The van der Waals surface area contributed by atoms with Gasteiger partial charge >= 0.3 is 5.97 Å². The van der Waals surface area contributed by atoms with Crippen molar-refractivity contribution in [3.05, 3.63) is 94.3 Å². The molecule has 0 aliphatic rings. The molecule has 3 rings (SSSR count). The maximum absolute atomic E-state index is 13.6. The van der Waals surface area contributed by atoms with E-state index in [4.69, 9.17) is 4.74 Å². The number of hydrogen-bond donors (Lipinski definition) is 1. The Morgan fingerprint density at radius 2 is 1.71 bits per heavy atom. The average molecular weight is 469 g/mol. The van der Waals surface area contributed by atoms with E-state index in [1.165, 1.54) is 0 Å². The zero-order chi connectivity index (χ0) is 24.7. The molecule has 3 aromatic rings. The van der Waals surface area contributed by atoms with Gasteiger partial charge in [0.1, 0.15) is 11.6 Å². The van der Waals surface area contributed by atoms with Gasteiger partial charge in [-0.15, -0.1) is 0 Å². The molecule has 8 heteroatoms. The van der Waals surface area contributed by atoms with Gasteiger partial charge in [0.25, 0.3) is 5.91 Å². The highest BCUT2D eigenvalue weighted by atomic mass is 19.1. The summed E-state index contributed by atoms with van der Waals surface area (Å²) in [6.45, 7) is 4.14. The van der Waals surface area contributed by atoms with Gasteiger partial charge in [-0.25, -0.2) is 8.78 Å². The molecule has 1 N–H and O–H groups in total. The summed E-state index contributed by atoms with van der Waals surface area (Å²) >= 11 is 0. The highest BCUT2D eigenvalue weighted by Crippen LogP contribution is 2.18. The van der Waals surface area contributed by atoms with Gasteiger partial charge in [0.15, 0.2) is 6.61 Å². The van der Waals surface area contributed by atoms with E-state index in [9.17, 15) is 23.2 Å². The molecule has 0 bridgehead atoms. The molecule has 178 valence electrons. The monoisotopic (exact) mass is 468 g/mol. The van der Waals surface area contributed by atoms with Crippen LogP contribution in [0.3, 0.4) is 0 Å².